The summed E-state index contributed by atoms with van der Waals surface area (Å²) in [6.45, 7) is 0. The monoisotopic (exact) mass is 287 g/mol. The van der Waals surface area contributed by atoms with Crippen LogP contribution in [-0.4, -0.2) is 10.1 Å². The summed E-state index contributed by atoms with van der Waals surface area (Å²) in [5.41, 5.74) is 7.85. The van der Waals surface area contributed by atoms with Gasteiger partial charge in [0.15, 0.2) is 0 Å². The topological polar surface area (TPSA) is 95.2 Å². The number of nitro groups is 1. The lowest BCUT2D eigenvalue weighted by Gasteiger charge is -1.99. The number of hydrogen-bond donors (Lipinski definition) is 1. The number of benzene rings is 1. The first kappa shape index (κ1) is 12.4. The second-order valence-corrected chi connectivity index (χ2v) is 5.09. The van der Waals surface area contributed by atoms with Crippen LogP contribution in [0.15, 0.2) is 47.0 Å². The zero-order valence-corrected chi connectivity index (χ0v) is 11.0. The summed E-state index contributed by atoms with van der Waals surface area (Å²) in [6, 6.07) is 12.5. The van der Waals surface area contributed by atoms with Gasteiger partial charge in [0.25, 0.3) is 0 Å². The molecule has 0 saturated heterocycles. The predicted octanol–water partition coefficient (Wildman–Crippen LogP) is 3.56. The normalized spacial score (nSPS) is 10.6. The lowest BCUT2D eigenvalue weighted by Crippen LogP contribution is -1.86. The van der Waals surface area contributed by atoms with Gasteiger partial charge in [0.1, 0.15) is 5.69 Å². The third-order valence-electron chi connectivity index (χ3n) is 2.79. The average molecular weight is 287 g/mol. The lowest BCUT2D eigenvalue weighted by molar-refractivity contribution is -0.380. The van der Waals surface area contributed by atoms with E-state index in [1.165, 1.54) is 6.07 Å². The van der Waals surface area contributed by atoms with E-state index in [1.807, 2.05) is 30.3 Å². The molecule has 100 valence electrons. The first-order valence-corrected chi connectivity index (χ1v) is 6.53. The number of aromatic nitrogens is 1. The van der Waals surface area contributed by atoms with Gasteiger partial charge in [-0.05, 0) is 11.6 Å². The van der Waals surface area contributed by atoms with Gasteiger partial charge in [0.2, 0.25) is 5.88 Å². The van der Waals surface area contributed by atoms with Crippen molar-refractivity contribution in [3.05, 3.63) is 52.6 Å². The molecule has 0 aliphatic heterocycles. The predicted molar refractivity (Wildman–Crippen MR) is 76.3 cm³/mol. The van der Waals surface area contributed by atoms with Gasteiger partial charge in [-0.25, -0.2) is 0 Å². The molecule has 0 amide bonds. The van der Waals surface area contributed by atoms with Gasteiger partial charge in [0, 0.05) is 6.07 Å². The minimum Gasteiger partial charge on any atom is -0.367 e. The highest BCUT2D eigenvalue weighted by atomic mass is 32.1. The summed E-state index contributed by atoms with van der Waals surface area (Å²) in [5, 5.41) is 14.7. The van der Waals surface area contributed by atoms with Crippen LogP contribution in [0.5, 0.6) is 0 Å². The number of thiophene rings is 1. The van der Waals surface area contributed by atoms with Crippen LogP contribution in [0.25, 0.3) is 21.7 Å². The molecule has 0 unspecified atom stereocenters. The van der Waals surface area contributed by atoms with Crippen molar-refractivity contribution in [1.29, 1.82) is 0 Å². The van der Waals surface area contributed by atoms with Crippen LogP contribution in [0.1, 0.15) is 0 Å². The number of hydrogen-bond acceptors (Lipinski definition) is 6. The summed E-state index contributed by atoms with van der Waals surface area (Å²) < 4.78 is 5.04. The fraction of sp³-hybridized carbons (Fsp3) is 0. The Kier molecular flexibility index (Phi) is 2.96. The van der Waals surface area contributed by atoms with E-state index in [2.05, 4.69) is 5.16 Å². The maximum Gasteiger partial charge on any atom is 0.324 e. The van der Waals surface area contributed by atoms with Gasteiger partial charge in [-0.15, -0.1) is 0 Å². The van der Waals surface area contributed by atoms with Crippen molar-refractivity contribution in [1.82, 2.24) is 5.16 Å². The molecule has 2 heterocycles. The van der Waals surface area contributed by atoms with E-state index in [1.54, 1.807) is 6.07 Å². The largest absolute Gasteiger partial charge is 0.367 e. The molecular formula is C13H9N3O3S. The highest BCUT2D eigenvalue weighted by Crippen LogP contribution is 2.40. The maximum atomic E-state index is 10.8. The molecule has 1 aromatic carbocycles. The van der Waals surface area contributed by atoms with Gasteiger partial charge < -0.3 is 10.3 Å². The molecule has 2 N–H and O–H groups in total. The van der Waals surface area contributed by atoms with E-state index in [9.17, 15) is 10.1 Å². The molecule has 0 saturated carbocycles. The molecule has 3 aromatic rings. The number of nitrogen functional groups attached to an aromatic ring is 1. The first-order valence-electron chi connectivity index (χ1n) is 5.72. The number of anilines is 1. The summed E-state index contributed by atoms with van der Waals surface area (Å²) in [4.78, 5) is 11.0. The summed E-state index contributed by atoms with van der Waals surface area (Å²) in [6.07, 6.45) is 0. The molecule has 0 aliphatic rings. The van der Waals surface area contributed by atoms with Crippen LogP contribution in [0.2, 0.25) is 0 Å². The van der Waals surface area contributed by atoms with E-state index in [-0.39, 0.29) is 10.9 Å². The van der Waals surface area contributed by atoms with E-state index in [0.717, 1.165) is 16.9 Å². The van der Waals surface area contributed by atoms with Gasteiger partial charge in [-0.3, -0.25) is 10.1 Å². The fourth-order valence-corrected chi connectivity index (χ4v) is 2.72. The van der Waals surface area contributed by atoms with Crippen molar-refractivity contribution in [2.45, 2.75) is 0 Å². The highest BCUT2D eigenvalue weighted by Gasteiger charge is 2.20. The molecule has 0 aliphatic carbocycles. The number of rotatable bonds is 3. The maximum absolute atomic E-state index is 10.8. The smallest absolute Gasteiger partial charge is 0.324 e. The second-order valence-electron chi connectivity index (χ2n) is 4.03. The van der Waals surface area contributed by atoms with Crippen LogP contribution in [0.4, 0.5) is 10.9 Å². The SMILES string of the molecule is Nc1onc(-c2ccc([N+](=O)[O-])s2)c1-c1ccccc1. The Balaban J connectivity index is 2.13. The lowest BCUT2D eigenvalue weighted by atomic mass is 10.1. The number of nitrogens with two attached hydrogens (primary N) is 1. The summed E-state index contributed by atoms with van der Waals surface area (Å²) in [5.74, 6) is 0.197. The third-order valence-corrected chi connectivity index (χ3v) is 3.83. The molecule has 0 fully saturated rings. The third kappa shape index (κ3) is 2.04. The quantitative estimate of drug-likeness (QED) is 0.587. The van der Waals surface area contributed by atoms with Crippen molar-refractivity contribution in [2.24, 2.45) is 0 Å². The van der Waals surface area contributed by atoms with Crippen molar-refractivity contribution in [2.75, 3.05) is 5.73 Å². The van der Waals surface area contributed by atoms with Crippen molar-refractivity contribution >= 4 is 22.2 Å². The van der Waals surface area contributed by atoms with E-state index >= 15 is 0 Å². The van der Waals surface area contributed by atoms with E-state index < -0.39 is 4.92 Å². The fourth-order valence-electron chi connectivity index (χ4n) is 1.91. The molecule has 2 aromatic heterocycles. The van der Waals surface area contributed by atoms with Crippen molar-refractivity contribution < 1.29 is 9.45 Å². The molecular weight excluding hydrogens is 278 g/mol. The second kappa shape index (κ2) is 4.78. The minimum absolute atomic E-state index is 0.0561. The molecule has 0 spiro atoms. The van der Waals surface area contributed by atoms with Gasteiger partial charge >= 0.3 is 5.00 Å². The highest BCUT2D eigenvalue weighted by molar-refractivity contribution is 7.18. The molecule has 20 heavy (non-hydrogen) atoms. The van der Waals surface area contributed by atoms with Crippen LogP contribution < -0.4 is 5.73 Å². The van der Waals surface area contributed by atoms with Gasteiger partial charge in [0.05, 0.1) is 15.4 Å². The van der Waals surface area contributed by atoms with Crippen molar-refractivity contribution in [3.8, 4) is 21.7 Å². The summed E-state index contributed by atoms with van der Waals surface area (Å²) >= 11 is 1.04. The molecule has 0 radical (unpaired) electrons. The Morgan fingerprint density at radius 3 is 2.60 bits per heavy atom. The Hall–Kier alpha value is -2.67. The Labute approximate surface area is 117 Å². The molecule has 6 nitrogen and oxygen atoms in total. The molecule has 0 bridgehead atoms. The van der Waals surface area contributed by atoms with E-state index in [0.29, 0.717) is 16.1 Å². The Morgan fingerprint density at radius 1 is 1.20 bits per heavy atom. The van der Waals surface area contributed by atoms with Crippen molar-refractivity contribution in [3.63, 3.8) is 0 Å². The van der Waals surface area contributed by atoms with Crippen LogP contribution in [0.3, 0.4) is 0 Å². The minimum atomic E-state index is -0.431. The molecule has 3 rings (SSSR count). The first-order chi connectivity index (χ1) is 9.66. The Morgan fingerprint density at radius 2 is 1.95 bits per heavy atom. The Bertz CT molecular complexity index is 764. The average Bonchev–Trinajstić information content (AvgIpc) is 3.06. The number of nitrogens with zero attached hydrogens (tertiary/aromatic N) is 2. The standard InChI is InChI=1S/C13H9N3O3S/c14-13-11(8-4-2-1-3-5-8)12(15-19-13)9-6-7-10(20-9)16(17)18/h1-7H,14H2. The van der Waals surface area contributed by atoms with Gasteiger partial charge in [-0.2, -0.15) is 0 Å². The van der Waals surface area contributed by atoms with E-state index in [4.69, 9.17) is 10.3 Å². The zero-order valence-electron chi connectivity index (χ0n) is 10.1. The zero-order chi connectivity index (χ0) is 14.1. The van der Waals surface area contributed by atoms with Crippen LogP contribution >= 0.6 is 11.3 Å². The van der Waals surface area contributed by atoms with Crippen LogP contribution in [-0.2, 0) is 0 Å². The molecule has 0 atom stereocenters. The van der Waals surface area contributed by atoms with Gasteiger partial charge in [-0.1, -0.05) is 46.8 Å². The summed E-state index contributed by atoms with van der Waals surface area (Å²) in [7, 11) is 0. The van der Waals surface area contributed by atoms with Crippen LogP contribution in [0, 0.1) is 10.1 Å². The molecule has 7 heteroatoms.